The number of nitrogen functional groups attached to an aromatic ring is 1. The van der Waals surface area contributed by atoms with E-state index in [4.69, 9.17) is 17.3 Å². The molecule has 6 heteroatoms. The number of nitrogens with one attached hydrogen (secondary N) is 1. The zero-order chi connectivity index (χ0) is 11.4. The Kier molecular flexibility index (Phi) is 3.51. The van der Waals surface area contributed by atoms with Gasteiger partial charge in [-0.2, -0.15) is 0 Å². The maximum atomic E-state index is 10.5. The Hall–Kier alpha value is -1.75. The predicted octanol–water partition coefficient (Wildman–Crippen LogP) is 2.34. The van der Waals surface area contributed by atoms with E-state index in [0.29, 0.717) is 17.3 Å². The molecular formula is C9H10ClN3O2. The Labute approximate surface area is 91.7 Å². The van der Waals surface area contributed by atoms with Crippen molar-refractivity contribution in [1.82, 2.24) is 0 Å². The van der Waals surface area contributed by atoms with Crippen LogP contribution in [0.1, 0.15) is 0 Å². The molecule has 0 bridgehead atoms. The number of benzene rings is 1. The summed E-state index contributed by atoms with van der Waals surface area (Å²) in [6, 6.07) is 4.39. The summed E-state index contributed by atoms with van der Waals surface area (Å²) in [5.41, 5.74) is 6.17. The van der Waals surface area contributed by atoms with Crippen LogP contribution in [0.15, 0.2) is 29.8 Å². The molecule has 80 valence electrons. The molecule has 0 saturated heterocycles. The molecule has 0 aliphatic heterocycles. The average Bonchev–Trinajstić information content (AvgIpc) is 2.14. The normalized spacial score (nSPS) is 9.67. The number of hydrogen-bond donors (Lipinski definition) is 2. The van der Waals surface area contributed by atoms with Crippen molar-refractivity contribution in [1.29, 1.82) is 0 Å². The molecular weight excluding hydrogens is 218 g/mol. The van der Waals surface area contributed by atoms with Crippen molar-refractivity contribution in [2.45, 2.75) is 0 Å². The Bertz CT molecular complexity index is 406. The Morgan fingerprint density at radius 3 is 2.80 bits per heavy atom. The maximum Gasteiger partial charge on any atom is 0.292 e. The van der Waals surface area contributed by atoms with E-state index in [1.807, 2.05) is 0 Å². The van der Waals surface area contributed by atoms with Crippen LogP contribution in [0.4, 0.5) is 17.1 Å². The van der Waals surface area contributed by atoms with Crippen LogP contribution in [0.25, 0.3) is 0 Å². The van der Waals surface area contributed by atoms with Gasteiger partial charge in [0.25, 0.3) is 5.69 Å². The van der Waals surface area contributed by atoms with E-state index in [2.05, 4.69) is 11.9 Å². The van der Waals surface area contributed by atoms with Crippen LogP contribution in [0.3, 0.4) is 0 Å². The molecule has 0 fully saturated rings. The predicted molar refractivity (Wildman–Crippen MR) is 61.0 cm³/mol. The lowest BCUT2D eigenvalue weighted by atomic mass is 10.2. The molecule has 1 aromatic carbocycles. The first kappa shape index (κ1) is 11.3. The molecule has 0 aliphatic rings. The average molecular weight is 228 g/mol. The zero-order valence-corrected chi connectivity index (χ0v) is 8.62. The summed E-state index contributed by atoms with van der Waals surface area (Å²) >= 11 is 5.55. The van der Waals surface area contributed by atoms with E-state index in [-0.39, 0.29) is 11.4 Å². The van der Waals surface area contributed by atoms with Gasteiger partial charge < -0.3 is 11.1 Å². The zero-order valence-electron chi connectivity index (χ0n) is 7.87. The first-order valence-corrected chi connectivity index (χ1v) is 4.49. The number of hydrogen-bond acceptors (Lipinski definition) is 4. The van der Waals surface area contributed by atoms with Gasteiger partial charge in [0.1, 0.15) is 5.69 Å². The van der Waals surface area contributed by atoms with Gasteiger partial charge in [0.2, 0.25) is 0 Å². The fraction of sp³-hybridized carbons (Fsp3) is 0.111. The second-order valence-electron chi connectivity index (χ2n) is 2.90. The van der Waals surface area contributed by atoms with Crippen LogP contribution in [0.2, 0.25) is 0 Å². The van der Waals surface area contributed by atoms with Gasteiger partial charge in [-0.25, -0.2) is 0 Å². The summed E-state index contributed by atoms with van der Waals surface area (Å²) in [7, 11) is 0. The fourth-order valence-electron chi connectivity index (χ4n) is 1.03. The molecule has 0 radical (unpaired) electrons. The van der Waals surface area contributed by atoms with E-state index in [1.54, 1.807) is 6.07 Å². The molecule has 0 unspecified atom stereocenters. The lowest BCUT2D eigenvalue weighted by Crippen LogP contribution is -2.02. The van der Waals surface area contributed by atoms with Crippen LogP contribution in [0.5, 0.6) is 0 Å². The number of nitro benzene ring substituents is 1. The third kappa shape index (κ3) is 3.14. The van der Waals surface area contributed by atoms with Crippen molar-refractivity contribution in [3.63, 3.8) is 0 Å². The quantitative estimate of drug-likeness (QED) is 0.470. The van der Waals surface area contributed by atoms with Crippen LogP contribution in [-0.2, 0) is 0 Å². The lowest BCUT2D eigenvalue weighted by Gasteiger charge is -2.05. The molecule has 15 heavy (non-hydrogen) atoms. The van der Waals surface area contributed by atoms with E-state index in [1.165, 1.54) is 12.1 Å². The van der Waals surface area contributed by atoms with Crippen LogP contribution < -0.4 is 11.1 Å². The fourth-order valence-corrected chi connectivity index (χ4v) is 1.10. The molecule has 0 aromatic heterocycles. The van der Waals surface area contributed by atoms with Gasteiger partial charge in [0.05, 0.1) is 11.5 Å². The highest BCUT2D eigenvalue weighted by atomic mass is 35.5. The van der Waals surface area contributed by atoms with E-state index >= 15 is 0 Å². The minimum absolute atomic E-state index is 0.106. The highest BCUT2D eigenvalue weighted by molar-refractivity contribution is 6.29. The number of nitrogens with zero attached hydrogens (tertiary/aromatic N) is 1. The number of rotatable bonds is 4. The van der Waals surface area contributed by atoms with Crippen molar-refractivity contribution >= 4 is 28.7 Å². The number of halogens is 1. The summed E-state index contributed by atoms with van der Waals surface area (Å²) in [6.45, 7) is 3.89. The highest BCUT2D eigenvalue weighted by Crippen LogP contribution is 2.24. The molecule has 0 amide bonds. The van der Waals surface area contributed by atoms with Crippen molar-refractivity contribution < 1.29 is 4.92 Å². The third-order valence-electron chi connectivity index (χ3n) is 1.71. The summed E-state index contributed by atoms with van der Waals surface area (Å²) in [4.78, 5) is 9.94. The van der Waals surface area contributed by atoms with E-state index in [9.17, 15) is 10.1 Å². The standard InChI is InChI=1S/C9H10ClN3O2/c1-6(10)5-12-7-2-3-9(13(14)15)8(11)4-7/h2-4,12H,1,5,11H2. The minimum atomic E-state index is -0.528. The molecule has 0 aliphatic carbocycles. The SMILES string of the molecule is C=C(Cl)CNc1ccc([N+](=O)[O-])c(N)c1. The van der Waals surface area contributed by atoms with E-state index < -0.39 is 4.92 Å². The van der Waals surface area contributed by atoms with Gasteiger partial charge >= 0.3 is 0 Å². The Morgan fingerprint density at radius 1 is 1.67 bits per heavy atom. The van der Waals surface area contributed by atoms with Gasteiger partial charge in [-0.15, -0.1) is 0 Å². The summed E-state index contributed by atoms with van der Waals surface area (Å²) < 4.78 is 0. The first-order valence-electron chi connectivity index (χ1n) is 4.12. The Morgan fingerprint density at radius 2 is 2.33 bits per heavy atom. The van der Waals surface area contributed by atoms with Crippen LogP contribution in [0, 0.1) is 10.1 Å². The topological polar surface area (TPSA) is 81.2 Å². The van der Waals surface area contributed by atoms with Gasteiger partial charge in [-0.3, -0.25) is 10.1 Å². The van der Waals surface area contributed by atoms with Crippen LogP contribution >= 0.6 is 11.6 Å². The molecule has 1 rings (SSSR count). The van der Waals surface area contributed by atoms with E-state index in [0.717, 1.165) is 0 Å². The molecule has 0 spiro atoms. The van der Waals surface area contributed by atoms with Crippen molar-refractivity contribution in [3.8, 4) is 0 Å². The monoisotopic (exact) mass is 227 g/mol. The van der Waals surface area contributed by atoms with Crippen molar-refractivity contribution in [2.24, 2.45) is 0 Å². The van der Waals surface area contributed by atoms with Gasteiger partial charge in [0.15, 0.2) is 0 Å². The minimum Gasteiger partial charge on any atom is -0.393 e. The summed E-state index contributed by atoms with van der Waals surface area (Å²) in [5, 5.41) is 13.8. The number of anilines is 2. The van der Waals surface area contributed by atoms with Gasteiger partial charge in [0, 0.05) is 16.8 Å². The van der Waals surface area contributed by atoms with Crippen molar-refractivity contribution in [3.05, 3.63) is 39.9 Å². The summed E-state index contributed by atoms with van der Waals surface area (Å²) in [6.07, 6.45) is 0. The second kappa shape index (κ2) is 4.65. The van der Waals surface area contributed by atoms with Crippen molar-refractivity contribution in [2.75, 3.05) is 17.6 Å². The first-order chi connectivity index (χ1) is 7.00. The largest absolute Gasteiger partial charge is 0.393 e. The molecule has 0 saturated carbocycles. The second-order valence-corrected chi connectivity index (χ2v) is 3.44. The molecule has 1 aromatic rings. The smallest absolute Gasteiger partial charge is 0.292 e. The number of nitro groups is 1. The maximum absolute atomic E-state index is 10.5. The molecule has 5 nitrogen and oxygen atoms in total. The Balaban J connectivity index is 2.82. The molecule has 3 N–H and O–H groups in total. The molecule has 0 atom stereocenters. The van der Waals surface area contributed by atoms with Gasteiger partial charge in [-0.05, 0) is 12.1 Å². The third-order valence-corrected chi connectivity index (χ3v) is 1.84. The molecule has 0 heterocycles. The lowest BCUT2D eigenvalue weighted by molar-refractivity contribution is -0.383. The van der Waals surface area contributed by atoms with Gasteiger partial charge in [-0.1, -0.05) is 18.2 Å². The number of nitrogens with two attached hydrogens (primary N) is 1. The summed E-state index contributed by atoms with van der Waals surface area (Å²) in [5.74, 6) is 0. The van der Waals surface area contributed by atoms with Crippen LogP contribution in [-0.4, -0.2) is 11.5 Å². The highest BCUT2D eigenvalue weighted by Gasteiger charge is 2.10.